The van der Waals surface area contributed by atoms with E-state index in [9.17, 15) is 13.2 Å². The van der Waals surface area contributed by atoms with Gasteiger partial charge in [0.15, 0.2) is 5.78 Å². The van der Waals surface area contributed by atoms with E-state index in [1.54, 1.807) is 12.1 Å². The molecule has 0 aliphatic carbocycles. The highest BCUT2D eigenvalue weighted by atomic mass is 35.5. The summed E-state index contributed by atoms with van der Waals surface area (Å²) in [5.41, 5.74) is 7.17. The van der Waals surface area contributed by atoms with Crippen LogP contribution in [0.2, 0.25) is 5.02 Å². The minimum Gasteiger partial charge on any atom is -0.399 e. The average Bonchev–Trinajstić information content (AvgIpc) is 2.40. The highest BCUT2D eigenvalue weighted by Gasteiger charge is 2.13. The Morgan fingerprint density at radius 3 is 2.33 bits per heavy atom. The zero-order valence-electron chi connectivity index (χ0n) is 11.1. The SMILES string of the molecule is CS(=O)(=O)Nc1ccc(C(=O)c2cc(N)ccc2Cl)cc1. The number of nitrogens with two attached hydrogens (primary N) is 1. The molecular formula is C14H13ClN2O3S. The number of benzene rings is 2. The second-order valence-corrected chi connectivity index (χ2v) is 6.68. The van der Waals surface area contributed by atoms with Crippen molar-refractivity contribution >= 4 is 38.8 Å². The first-order valence-corrected chi connectivity index (χ1v) is 8.21. The van der Waals surface area contributed by atoms with Crippen LogP contribution in [0.5, 0.6) is 0 Å². The zero-order chi connectivity index (χ0) is 15.6. The summed E-state index contributed by atoms with van der Waals surface area (Å²) in [4.78, 5) is 12.3. The number of hydrogen-bond acceptors (Lipinski definition) is 4. The van der Waals surface area contributed by atoms with E-state index in [1.807, 2.05) is 0 Å². The fraction of sp³-hybridized carbons (Fsp3) is 0.0714. The molecule has 110 valence electrons. The number of anilines is 2. The van der Waals surface area contributed by atoms with Gasteiger partial charge in [-0.15, -0.1) is 0 Å². The predicted molar refractivity (Wildman–Crippen MR) is 84.2 cm³/mol. The molecule has 0 atom stereocenters. The van der Waals surface area contributed by atoms with Crippen LogP contribution < -0.4 is 10.5 Å². The van der Waals surface area contributed by atoms with Crippen molar-refractivity contribution in [2.45, 2.75) is 0 Å². The Bertz CT molecular complexity index is 786. The summed E-state index contributed by atoms with van der Waals surface area (Å²) >= 11 is 5.99. The van der Waals surface area contributed by atoms with Crippen LogP contribution in [0.3, 0.4) is 0 Å². The molecule has 2 aromatic rings. The van der Waals surface area contributed by atoms with Crippen molar-refractivity contribution in [3.05, 3.63) is 58.6 Å². The first-order chi connectivity index (χ1) is 9.76. The van der Waals surface area contributed by atoms with Crippen LogP contribution >= 0.6 is 11.6 Å². The van der Waals surface area contributed by atoms with Crippen LogP contribution in [0.1, 0.15) is 15.9 Å². The van der Waals surface area contributed by atoms with Crippen LogP contribution in [0.15, 0.2) is 42.5 Å². The zero-order valence-corrected chi connectivity index (χ0v) is 12.7. The Labute approximate surface area is 127 Å². The smallest absolute Gasteiger partial charge is 0.229 e. The second kappa shape index (κ2) is 5.75. The molecule has 0 aromatic heterocycles. The van der Waals surface area contributed by atoms with E-state index in [0.29, 0.717) is 27.5 Å². The van der Waals surface area contributed by atoms with E-state index in [1.165, 1.54) is 30.3 Å². The lowest BCUT2D eigenvalue weighted by Gasteiger charge is -2.07. The van der Waals surface area contributed by atoms with Crippen LogP contribution in [-0.2, 0) is 10.0 Å². The predicted octanol–water partition coefficient (Wildman–Crippen LogP) is 2.52. The molecule has 21 heavy (non-hydrogen) atoms. The van der Waals surface area contributed by atoms with Gasteiger partial charge in [-0.25, -0.2) is 8.42 Å². The number of ketones is 1. The Balaban J connectivity index is 2.30. The van der Waals surface area contributed by atoms with Gasteiger partial charge in [0.2, 0.25) is 10.0 Å². The number of nitrogen functional groups attached to an aromatic ring is 1. The standard InChI is InChI=1S/C14H13ClN2O3S/c1-21(19,20)17-11-5-2-9(3-6-11)14(18)12-8-10(16)4-7-13(12)15/h2-8,17H,16H2,1H3. The van der Waals surface area contributed by atoms with Gasteiger partial charge in [-0.1, -0.05) is 11.6 Å². The maximum absolute atomic E-state index is 12.3. The summed E-state index contributed by atoms with van der Waals surface area (Å²) < 4.78 is 24.5. The molecule has 5 nitrogen and oxygen atoms in total. The topological polar surface area (TPSA) is 89.3 Å². The molecule has 7 heteroatoms. The van der Waals surface area contributed by atoms with Crippen LogP contribution in [0.4, 0.5) is 11.4 Å². The molecule has 0 aliphatic heterocycles. The van der Waals surface area contributed by atoms with Crippen molar-refractivity contribution in [3.8, 4) is 0 Å². The lowest BCUT2D eigenvalue weighted by atomic mass is 10.0. The number of sulfonamides is 1. The third-order valence-corrected chi connectivity index (χ3v) is 3.62. The van der Waals surface area contributed by atoms with Crippen molar-refractivity contribution in [1.82, 2.24) is 0 Å². The summed E-state index contributed by atoms with van der Waals surface area (Å²) in [6.07, 6.45) is 1.05. The van der Waals surface area contributed by atoms with Gasteiger partial charge in [0, 0.05) is 22.5 Å². The average molecular weight is 325 g/mol. The quantitative estimate of drug-likeness (QED) is 0.668. The van der Waals surface area contributed by atoms with Crippen molar-refractivity contribution in [3.63, 3.8) is 0 Å². The molecule has 0 saturated heterocycles. The third kappa shape index (κ3) is 3.96. The number of halogens is 1. The molecule has 0 unspecified atom stereocenters. The van der Waals surface area contributed by atoms with Gasteiger partial charge in [-0.2, -0.15) is 0 Å². The van der Waals surface area contributed by atoms with Gasteiger partial charge in [0.25, 0.3) is 0 Å². The molecule has 2 aromatic carbocycles. The summed E-state index contributed by atoms with van der Waals surface area (Å²) in [6, 6.07) is 10.7. The van der Waals surface area contributed by atoms with Gasteiger partial charge < -0.3 is 5.73 Å². The van der Waals surface area contributed by atoms with Crippen LogP contribution in [0, 0.1) is 0 Å². The lowest BCUT2D eigenvalue weighted by molar-refractivity contribution is 0.103. The van der Waals surface area contributed by atoms with Crippen molar-refractivity contribution in [2.24, 2.45) is 0 Å². The van der Waals surface area contributed by atoms with E-state index < -0.39 is 10.0 Å². The molecule has 3 N–H and O–H groups in total. The molecular weight excluding hydrogens is 312 g/mol. The van der Waals surface area contributed by atoms with E-state index in [2.05, 4.69) is 4.72 Å². The second-order valence-electron chi connectivity index (χ2n) is 4.52. The van der Waals surface area contributed by atoms with Gasteiger partial charge in [-0.05, 0) is 42.5 Å². The molecule has 0 amide bonds. The van der Waals surface area contributed by atoms with Crippen molar-refractivity contribution in [2.75, 3.05) is 16.7 Å². The summed E-state index contributed by atoms with van der Waals surface area (Å²) in [5.74, 6) is -0.279. The third-order valence-electron chi connectivity index (χ3n) is 2.69. The first-order valence-electron chi connectivity index (χ1n) is 5.94. The molecule has 2 rings (SSSR count). The maximum Gasteiger partial charge on any atom is 0.229 e. The molecule has 0 radical (unpaired) electrons. The Morgan fingerprint density at radius 1 is 1.14 bits per heavy atom. The number of carbonyl (C=O) groups is 1. The molecule has 0 saturated carbocycles. The highest BCUT2D eigenvalue weighted by Crippen LogP contribution is 2.23. The Hall–Kier alpha value is -2.05. The number of hydrogen-bond donors (Lipinski definition) is 2. The first kappa shape index (κ1) is 15.3. The van der Waals surface area contributed by atoms with E-state index in [-0.39, 0.29) is 5.78 Å². The van der Waals surface area contributed by atoms with E-state index in [4.69, 9.17) is 17.3 Å². The van der Waals surface area contributed by atoms with Gasteiger partial charge >= 0.3 is 0 Å². The van der Waals surface area contributed by atoms with E-state index in [0.717, 1.165) is 6.26 Å². The summed E-state index contributed by atoms with van der Waals surface area (Å²) in [6.45, 7) is 0. The normalized spacial score (nSPS) is 11.1. The Morgan fingerprint density at radius 2 is 1.76 bits per heavy atom. The number of nitrogens with one attached hydrogen (secondary N) is 1. The fourth-order valence-corrected chi connectivity index (χ4v) is 2.54. The van der Waals surface area contributed by atoms with Crippen LogP contribution in [0.25, 0.3) is 0 Å². The van der Waals surface area contributed by atoms with Gasteiger partial charge in [0.1, 0.15) is 0 Å². The van der Waals surface area contributed by atoms with E-state index >= 15 is 0 Å². The highest BCUT2D eigenvalue weighted by molar-refractivity contribution is 7.92. The number of carbonyl (C=O) groups excluding carboxylic acids is 1. The Kier molecular flexibility index (Phi) is 4.20. The van der Waals surface area contributed by atoms with Crippen LogP contribution in [-0.4, -0.2) is 20.5 Å². The molecule has 0 heterocycles. The minimum atomic E-state index is -3.35. The van der Waals surface area contributed by atoms with Crippen molar-refractivity contribution in [1.29, 1.82) is 0 Å². The van der Waals surface area contributed by atoms with Crippen molar-refractivity contribution < 1.29 is 13.2 Å². The minimum absolute atomic E-state index is 0.279. The summed E-state index contributed by atoms with van der Waals surface area (Å²) in [5, 5.41) is 0.313. The molecule has 0 fully saturated rings. The summed E-state index contributed by atoms with van der Waals surface area (Å²) in [7, 11) is -3.35. The molecule has 0 aliphatic rings. The monoisotopic (exact) mass is 324 g/mol. The maximum atomic E-state index is 12.3. The molecule has 0 spiro atoms. The van der Waals surface area contributed by atoms with Gasteiger partial charge in [0.05, 0.1) is 11.3 Å². The molecule has 0 bridgehead atoms. The number of rotatable bonds is 4. The lowest BCUT2D eigenvalue weighted by Crippen LogP contribution is -2.10. The fourth-order valence-electron chi connectivity index (χ4n) is 1.78. The largest absolute Gasteiger partial charge is 0.399 e. The van der Waals surface area contributed by atoms with Gasteiger partial charge in [-0.3, -0.25) is 9.52 Å².